The molecule has 0 rings (SSSR count). The lowest BCUT2D eigenvalue weighted by Gasteiger charge is -2.26. The SMILES string of the molecule is CCCCCCCCCCCCCCCOC(=O)CCCCCCCN(CCO)CCCN(CCCCCCCC(=O)OCCCCCCCCCCCCCCC)CCCCCCCC(=O)OCCCCCCCCCCCCCCC. The lowest BCUT2D eigenvalue weighted by atomic mass is 10.0. The van der Waals surface area contributed by atoms with Gasteiger partial charge < -0.3 is 29.1 Å². The van der Waals surface area contributed by atoms with Gasteiger partial charge in [-0.25, -0.2) is 0 Å². The van der Waals surface area contributed by atoms with E-state index in [0.717, 1.165) is 136 Å². The number of nitrogens with zero attached hydrogens (tertiary/aromatic N) is 2. The first-order valence-electron chi connectivity index (χ1n) is 37.5. The summed E-state index contributed by atoms with van der Waals surface area (Å²) >= 11 is 0. The molecule has 0 atom stereocenters. The Balaban J connectivity index is 4.42. The minimum Gasteiger partial charge on any atom is -0.466 e. The fourth-order valence-electron chi connectivity index (χ4n) is 11.9. The van der Waals surface area contributed by atoms with E-state index < -0.39 is 0 Å². The fourth-order valence-corrected chi connectivity index (χ4v) is 11.9. The van der Waals surface area contributed by atoms with Crippen LogP contribution in [0.3, 0.4) is 0 Å². The lowest BCUT2D eigenvalue weighted by molar-refractivity contribution is -0.144. The van der Waals surface area contributed by atoms with E-state index in [1.807, 2.05) is 0 Å². The summed E-state index contributed by atoms with van der Waals surface area (Å²) in [6.07, 6.45) is 70.9. The Hall–Kier alpha value is -1.71. The molecule has 0 aromatic carbocycles. The third-order valence-electron chi connectivity index (χ3n) is 17.5. The zero-order valence-electron chi connectivity index (χ0n) is 56.4. The van der Waals surface area contributed by atoms with Crippen LogP contribution >= 0.6 is 0 Å². The highest BCUT2D eigenvalue weighted by molar-refractivity contribution is 5.69. The van der Waals surface area contributed by atoms with Gasteiger partial charge in [0.2, 0.25) is 0 Å². The summed E-state index contributed by atoms with van der Waals surface area (Å²) in [6, 6.07) is 0. The Kier molecular flexibility index (Phi) is 69.6. The number of aliphatic hydroxyl groups is 1. The maximum absolute atomic E-state index is 12.4. The van der Waals surface area contributed by atoms with E-state index in [4.69, 9.17) is 14.2 Å². The van der Waals surface area contributed by atoms with E-state index in [1.54, 1.807) is 0 Å². The van der Waals surface area contributed by atoms with Crippen LogP contribution in [0.1, 0.15) is 393 Å². The monoisotopic (exact) mass is 1180 g/mol. The molecule has 9 heteroatoms. The first-order chi connectivity index (χ1) is 41.0. The number of ether oxygens (including phenoxy) is 3. The average molecular weight is 1180 g/mol. The van der Waals surface area contributed by atoms with Gasteiger partial charge in [0, 0.05) is 25.8 Å². The van der Waals surface area contributed by atoms with Crippen LogP contribution in [-0.4, -0.2) is 98.5 Å². The molecule has 0 bridgehead atoms. The van der Waals surface area contributed by atoms with Gasteiger partial charge >= 0.3 is 17.9 Å². The molecular formula is C74H146N2O7. The Morgan fingerprint density at radius 1 is 0.229 bits per heavy atom. The fraction of sp³-hybridized carbons (Fsp3) is 0.959. The molecule has 0 aliphatic heterocycles. The largest absolute Gasteiger partial charge is 0.466 e. The average Bonchev–Trinajstić information content (AvgIpc) is 3.48. The topological polar surface area (TPSA) is 106 Å². The second-order valence-corrected chi connectivity index (χ2v) is 25.7. The zero-order chi connectivity index (χ0) is 60.1. The Morgan fingerprint density at radius 2 is 0.410 bits per heavy atom. The van der Waals surface area contributed by atoms with Gasteiger partial charge in [-0.15, -0.1) is 0 Å². The van der Waals surface area contributed by atoms with E-state index in [0.29, 0.717) is 39.1 Å². The molecule has 0 heterocycles. The minimum absolute atomic E-state index is 0.0189. The number of carbonyl (C=O) groups excluding carboxylic acids is 3. The van der Waals surface area contributed by atoms with E-state index in [-0.39, 0.29) is 24.5 Å². The maximum Gasteiger partial charge on any atom is 0.305 e. The molecule has 0 fully saturated rings. The number of hydrogen-bond donors (Lipinski definition) is 1. The molecule has 0 aromatic heterocycles. The second kappa shape index (κ2) is 71.0. The Labute approximate surface area is 518 Å². The molecule has 0 saturated heterocycles. The smallest absolute Gasteiger partial charge is 0.305 e. The summed E-state index contributed by atoms with van der Waals surface area (Å²) in [7, 11) is 0. The molecule has 0 aromatic rings. The van der Waals surface area contributed by atoms with Gasteiger partial charge in [-0.1, -0.05) is 310 Å². The number of aliphatic hydroxyl groups excluding tert-OH is 1. The van der Waals surface area contributed by atoms with E-state index >= 15 is 0 Å². The van der Waals surface area contributed by atoms with Crippen molar-refractivity contribution in [2.75, 3.05) is 65.7 Å². The van der Waals surface area contributed by atoms with Crippen molar-refractivity contribution in [3.8, 4) is 0 Å². The van der Waals surface area contributed by atoms with Crippen LogP contribution in [0.4, 0.5) is 0 Å². The molecule has 0 saturated carbocycles. The maximum atomic E-state index is 12.4. The molecule has 0 amide bonds. The standard InChI is InChI=1S/C74H146N2O7/c1-4-7-10-13-16-19-22-25-28-31-34-46-55-69-81-72(78)59-49-40-37-43-52-62-75(63-53-44-38-41-50-60-73(79)82-70-56-47-35-32-29-26-23-20-17-14-11-8-5-2)65-58-66-76(67-68-77)64-54-45-39-42-51-61-74(80)83-71-57-48-36-33-30-27-24-21-18-15-12-9-6-3/h77H,4-71H2,1-3H3. The lowest BCUT2D eigenvalue weighted by Crippen LogP contribution is -2.33. The summed E-state index contributed by atoms with van der Waals surface area (Å²) in [4.78, 5) is 42.3. The molecule has 494 valence electrons. The molecular weight excluding hydrogens is 1030 g/mol. The molecule has 83 heavy (non-hydrogen) atoms. The summed E-state index contributed by atoms with van der Waals surface area (Å²) in [6.45, 7) is 14.8. The van der Waals surface area contributed by atoms with Crippen molar-refractivity contribution >= 4 is 17.9 Å². The molecule has 0 aliphatic carbocycles. The molecule has 0 spiro atoms. The summed E-state index contributed by atoms with van der Waals surface area (Å²) in [5.74, 6) is -0.0652. The van der Waals surface area contributed by atoms with Crippen molar-refractivity contribution in [3.63, 3.8) is 0 Å². The van der Waals surface area contributed by atoms with Gasteiger partial charge in [-0.2, -0.15) is 0 Å². The van der Waals surface area contributed by atoms with Gasteiger partial charge in [0.1, 0.15) is 0 Å². The van der Waals surface area contributed by atoms with Crippen molar-refractivity contribution in [3.05, 3.63) is 0 Å². The van der Waals surface area contributed by atoms with E-state index in [9.17, 15) is 19.5 Å². The normalized spacial score (nSPS) is 11.6. The van der Waals surface area contributed by atoms with Gasteiger partial charge in [0.05, 0.1) is 26.4 Å². The van der Waals surface area contributed by atoms with Gasteiger partial charge in [0.25, 0.3) is 0 Å². The summed E-state index contributed by atoms with van der Waals surface area (Å²) < 4.78 is 16.7. The number of hydrogen-bond acceptors (Lipinski definition) is 9. The van der Waals surface area contributed by atoms with Crippen molar-refractivity contribution in [1.82, 2.24) is 9.80 Å². The van der Waals surface area contributed by atoms with Gasteiger partial charge in [-0.3, -0.25) is 14.4 Å². The predicted octanol–water partition coefficient (Wildman–Crippen LogP) is 21.9. The van der Waals surface area contributed by atoms with E-state index in [2.05, 4.69) is 30.6 Å². The summed E-state index contributed by atoms with van der Waals surface area (Å²) in [5.41, 5.74) is 0. The predicted molar refractivity (Wildman–Crippen MR) is 358 cm³/mol. The highest BCUT2D eigenvalue weighted by Gasteiger charge is 2.11. The van der Waals surface area contributed by atoms with E-state index in [1.165, 1.54) is 257 Å². The third kappa shape index (κ3) is 67.7. The Bertz CT molecular complexity index is 1230. The highest BCUT2D eigenvalue weighted by Crippen LogP contribution is 2.18. The van der Waals surface area contributed by atoms with Crippen molar-refractivity contribution in [2.45, 2.75) is 393 Å². The first kappa shape index (κ1) is 81.3. The third-order valence-corrected chi connectivity index (χ3v) is 17.5. The molecule has 0 unspecified atom stereocenters. The number of unbranched alkanes of at least 4 members (excludes halogenated alkanes) is 48. The van der Waals surface area contributed by atoms with Crippen LogP contribution in [0.25, 0.3) is 0 Å². The molecule has 0 aliphatic rings. The first-order valence-corrected chi connectivity index (χ1v) is 37.5. The van der Waals surface area contributed by atoms with Crippen LogP contribution in [0.2, 0.25) is 0 Å². The van der Waals surface area contributed by atoms with Crippen LogP contribution in [0, 0.1) is 0 Å². The van der Waals surface area contributed by atoms with Crippen molar-refractivity contribution in [2.24, 2.45) is 0 Å². The van der Waals surface area contributed by atoms with Crippen molar-refractivity contribution in [1.29, 1.82) is 0 Å². The number of esters is 3. The molecule has 9 nitrogen and oxygen atoms in total. The number of carbonyl (C=O) groups is 3. The van der Waals surface area contributed by atoms with Crippen LogP contribution < -0.4 is 0 Å². The van der Waals surface area contributed by atoms with Gasteiger partial charge in [0.15, 0.2) is 0 Å². The zero-order valence-corrected chi connectivity index (χ0v) is 56.4. The van der Waals surface area contributed by atoms with Crippen LogP contribution in [0.15, 0.2) is 0 Å². The minimum atomic E-state index is -0.0275. The molecule has 0 radical (unpaired) electrons. The highest BCUT2D eigenvalue weighted by atomic mass is 16.5. The quantitative estimate of drug-likeness (QED) is 0.0362. The van der Waals surface area contributed by atoms with Crippen molar-refractivity contribution < 1.29 is 33.7 Å². The summed E-state index contributed by atoms with van der Waals surface area (Å²) in [5, 5.41) is 9.91. The number of rotatable bonds is 72. The Morgan fingerprint density at radius 3 is 0.639 bits per heavy atom. The molecule has 1 N–H and O–H groups in total. The van der Waals surface area contributed by atoms with Crippen LogP contribution in [0.5, 0.6) is 0 Å². The van der Waals surface area contributed by atoms with Gasteiger partial charge in [-0.05, 0) is 96.9 Å². The second-order valence-electron chi connectivity index (χ2n) is 25.7. The van der Waals surface area contributed by atoms with Crippen LogP contribution in [-0.2, 0) is 28.6 Å².